The first-order valence-electron chi connectivity index (χ1n) is 7.44. The number of amides is 1. The van der Waals surface area contributed by atoms with Gasteiger partial charge in [0.1, 0.15) is 5.69 Å². The van der Waals surface area contributed by atoms with Gasteiger partial charge in [-0.25, -0.2) is 13.4 Å². The number of aromatic nitrogens is 1. The Labute approximate surface area is 145 Å². The van der Waals surface area contributed by atoms with E-state index in [1.54, 1.807) is 30.3 Å². The maximum atomic E-state index is 12.2. The summed E-state index contributed by atoms with van der Waals surface area (Å²) in [6.45, 7) is 0.846. The Balaban J connectivity index is 1.71. The van der Waals surface area contributed by atoms with Gasteiger partial charge in [0.05, 0.1) is 10.8 Å². The molecule has 0 bridgehead atoms. The fourth-order valence-electron chi connectivity index (χ4n) is 2.53. The van der Waals surface area contributed by atoms with Crippen molar-refractivity contribution in [3.63, 3.8) is 0 Å². The standard InChI is InChI=1S/C16H16ClN3O3S/c17-13-5-6-15(18-10-13)16(21)19-14-4-1-3-12(9-14)11-20-7-2-8-24(20,22)23/h1,3-6,9-10H,2,7-8,11H2,(H,19,21). The Bertz CT molecular complexity index is 853. The quantitative estimate of drug-likeness (QED) is 0.902. The van der Waals surface area contributed by atoms with Crippen LogP contribution in [0, 0.1) is 0 Å². The molecule has 0 radical (unpaired) electrons. The minimum atomic E-state index is -3.14. The first kappa shape index (κ1) is 16.9. The number of nitrogens with one attached hydrogen (secondary N) is 1. The number of hydrogen-bond donors (Lipinski definition) is 1. The van der Waals surface area contributed by atoms with Crippen LogP contribution < -0.4 is 5.32 Å². The number of carbonyl (C=O) groups excluding carboxylic acids is 1. The fourth-order valence-corrected chi connectivity index (χ4v) is 4.14. The lowest BCUT2D eigenvalue weighted by Gasteiger charge is -2.15. The largest absolute Gasteiger partial charge is 0.321 e. The Kier molecular flexibility index (Phi) is 4.84. The number of sulfonamides is 1. The number of benzene rings is 1. The predicted octanol–water partition coefficient (Wildman–Crippen LogP) is 2.52. The van der Waals surface area contributed by atoms with E-state index >= 15 is 0 Å². The molecule has 0 aliphatic carbocycles. The molecule has 24 heavy (non-hydrogen) atoms. The number of rotatable bonds is 4. The monoisotopic (exact) mass is 365 g/mol. The summed E-state index contributed by atoms with van der Waals surface area (Å²) in [7, 11) is -3.14. The molecule has 1 aliphatic rings. The second-order valence-corrected chi connectivity index (χ2v) is 8.04. The van der Waals surface area contributed by atoms with E-state index < -0.39 is 10.0 Å². The van der Waals surface area contributed by atoms with Gasteiger partial charge in [-0.2, -0.15) is 4.31 Å². The summed E-state index contributed by atoms with van der Waals surface area (Å²) < 4.78 is 25.2. The van der Waals surface area contributed by atoms with E-state index in [9.17, 15) is 13.2 Å². The molecule has 1 amide bonds. The van der Waals surface area contributed by atoms with Crippen LogP contribution in [-0.4, -0.2) is 35.9 Å². The number of anilines is 1. The van der Waals surface area contributed by atoms with Gasteiger partial charge in [-0.15, -0.1) is 0 Å². The summed E-state index contributed by atoms with van der Waals surface area (Å²) in [4.78, 5) is 16.1. The van der Waals surface area contributed by atoms with Crippen molar-refractivity contribution in [2.45, 2.75) is 13.0 Å². The average molecular weight is 366 g/mol. The molecule has 0 atom stereocenters. The molecule has 2 aromatic rings. The van der Waals surface area contributed by atoms with E-state index in [4.69, 9.17) is 11.6 Å². The molecule has 0 spiro atoms. The lowest BCUT2D eigenvalue weighted by molar-refractivity contribution is 0.102. The Morgan fingerprint density at radius 3 is 2.79 bits per heavy atom. The molecule has 8 heteroatoms. The Hall–Kier alpha value is -1.96. The molecule has 2 heterocycles. The van der Waals surface area contributed by atoms with Crippen LogP contribution in [-0.2, 0) is 16.6 Å². The third kappa shape index (κ3) is 3.92. The van der Waals surface area contributed by atoms with Crippen LogP contribution >= 0.6 is 11.6 Å². The van der Waals surface area contributed by atoms with Crippen LogP contribution in [0.15, 0.2) is 42.6 Å². The normalized spacial score (nSPS) is 16.9. The summed E-state index contributed by atoms with van der Waals surface area (Å²) in [6, 6.07) is 10.3. The summed E-state index contributed by atoms with van der Waals surface area (Å²) in [5.74, 6) is -0.149. The molecule has 1 fully saturated rings. The van der Waals surface area contributed by atoms with Gasteiger partial charge in [0.15, 0.2) is 0 Å². The smallest absolute Gasteiger partial charge is 0.274 e. The highest BCUT2D eigenvalue weighted by atomic mass is 35.5. The van der Waals surface area contributed by atoms with Crippen molar-refractivity contribution in [1.29, 1.82) is 0 Å². The summed E-state index contributed by atoms with van der Waals surface area (Å²) >= 11 is 5.75. The molecular weight excluding hydrogens is 350 g/mol. The molecule has 3 rings (SSSR count). The zero-order chi connectivity index (χ0) is 17.2. The van der Waals surface area contributed by atoms with Crippen molar-refractivity contribution >= 4 is 33.2 Å². The highest BCUT2D eigenvalue weighted by Crippen LogP contribution is 2.19. The highest BCUT2D eigenvalue weighted by Gasteiger charge is 2.27. The first-order valence-corrected chi connectivity index (χ1v) is 9.42. The maximum Gasteiger partial charge on any atom is 0.274 e. The third-order valence-corrected chi connectivity index (χ3v) is 5.83. The maximum absolute atomic E-state index is 12.2. The SMILES string of the molecule is O=C(Nc1cccc(CN2CCCS2(=O)=O)c1)c1ccc(Cl)cn1. The Morgan fingerprint density at radius 1 is 1.29 bits per heavy atom. The molecule has 0 unspecified atom stereocenters. The molecule has 1 N–H and O–H groups in total. The fraction of sp³-hybridized carbons (Fsp3) is 0.250. The molecular formula is C16H16ClN3O3S. The second-order valence-electron chi connectivity index (χ2n) is 5.52. The molecule has 1 aromatic carbocycles. The number of hydrogen-bond acceptors (Lipinski definition) is 4. The van der Waals surface area contributed by atoms with E-state index in [2.05, 4.69) is 10.3 Å². The van der Waals surface area contributed by atoms with Gasteiger partial charge < -0.3 is 5.32 Å². The van der Waals surface area contributed by atoms with Crippen molar-refractivity contribution in [3.05, 3.63) is 58.9 Å². The van der Waals surface area contributed by atoms with Crippen LogP contribution in [0.5, 0.6) is 0 Å². The molecule has 6 nitrogen and oxygen atoms in total. The zero-order valence-corrected chi connectivity index (χ0v) is 14.3. The third-order valence-electron chi connectivity index (χ3n) is 3.71. The van der Waals surface area contributed by atoms with Crippen molar-refractivity contribution in [2.24, 2.45) is 0 Å². The zero-order valence-electron chi connectivity index (χ0n) is 12.8. The minimum Gasteiger partial charge on any atom is -0.321 e. The lowest BCUT2D eigenvalue weighted by Crippen LogP contribution is -2.25. The second kappa shape index (κ2) is 6.88. The van der Waals surface area contributed by atoms with Gasteiger partial charge >= 0.3 is 0 Å². The molecule has 1 aromatic heterocycles. The van der Waals surface area contributed by atoms with Crippen molar-refractivity contribution in [2.75, 3.05) is 17.6 Å². The van der Waals surface area contributed by atoms with Gasteiger partial charge in [0, 0.05) is 25.0 Å². The van der Waals surface area contributed by atoms with Gasteiger partial charge in [0.2, 0.25) is 10.0 Å². The number of nitrogens with zero attached hydrogens (tertiary/aromatic N) is 2. The summed E-state index contributed by atoms with van der Waals surface area (Å²) in [5.41, 5.74) is 1.67. The van der Waals surface area contributed by atoms with Gasteiger partial charge in [-0.3, -0.25) is 4.79 Å². The predicted molar refractivity (Wildman–Crippen MR) is 92.5 cm³/mol. The van der Waals surface area contributed by atoms with Gasteiger partial charge in [0.25, 0.3) is 5.91 Å². The van der Waals surface area contributed by atoms with E-state index in [1.807, 2.05) is 6.07 Å². The highest BCUT2D eigenvalue weighted by molar-refractivity contribution is 7.89. The van der Waals surface area contributed by atoms with Crippen LogP contribution in [0.25, 0.3) is 0 Å². The van der Waals surface area contributed by atoms with E-state index in [0.29, 0.717) is 30.2 Å². The number of carbonyl (C=O) groups is 1. The molecule has 0 saturated carbocycles. The molecule has 1 aliphatic heterocycles. The lowest BCUT2D eigenvalue weighted by atomic mass is 10.2. The van der Waals surface area contributed by atoms with Crippen molar-refractivity contribution < 1.29 is 13.2 Å². The Morgan fingerprint density at radius 2 is 2.12 bits per heavy atom. The molecule has 1 saturated heterocycles. The number of halogens is 1. The van der Waals surface area contributed by atoms with Crippen LogP contribution in [0.4, 0.5) is 5.69 Å². The van der Waals surface area contributed by atoms with Crippen molar-refractivity contribution in [1.82, 2.24) is 9.29 Å². The minimum absolute atomic E-state index is 0.200. The van der Waals surface area contributed by atoms with E-state index in [0.717, 1.165) is 5.56 Å². The number of pyridine rings is 1. The topological polar surface area (TPSA) is 79.4 Å². The van der Waals surface area contributed by atoms with Gasteiger partial charge in [-0.1, -0.05) is 23.7 Å². The van der Waals surface area contributed by atoms with Crippen LogP contribution in [0.2, 0.25) is 5.02 Å². The van der Waals surface area contributed by atoms with Crippen LogP contribution in [0.3, 0.4) is 0 Å². The summed E-state index contributed by atoms with van der Waals surface area (Å²) in [6.07, 6.45) is 2.06. The average Bonchev–Trinajstić information content (AvgIpc) is 2.87. The molecule has 126 valence electrons. The van der Waals surface area contributed by atoms with Gasteiger partial charge in [-0.05, 0) is 36.2 Å². The van der Waals surface area contributed by atoms with Crippen molar-refractivity contribution in [3.8, 4) is 0 Å². The summed E-state index contributed by atoms with van der Waals surface area (Å²) in [5, 5.41) is 3.21. The first-order chi connectivity index (χ1) is 11.4. The van der Waals surface area contributed by atoms with Crippen LogP contribution in [0.1, 0.15) is 22.5 Å². The van der Waals surface area contributed by atoms with E-state index in [-0.39, 0.29) is 17.4 Å². The van der Waals surface area contributed by atoms with E-state index in [1.165, 1.54) is 10.5 Å².